The van der Waals surface area contributed by atoms with Crippen LogP contribution in [0.2, 0.25) is 5.02 Å². The second-order valence-electron chi connectivity index (χ2n) is 4.65. The molecule has 0 fully saturated rings. The number of carbonyl (C=O) groups excluding carboxylic acids is 1. The van der Waals surface area contributed by atoms with Gasteiger partial charge in [0.05, 0.1) is 5.02 Å². The van der Waals surface area contributed by atoms with E-state index in [9.17, 15) is 4.79 Å². The van der Waals surface area contributed by atoms with E-state index in [1.807, 2.05) is 23.9 Å². The van der Waals surface area contributed by atoms with Gasteiger partial charge in [-0.2, -0.15) is 11.8 Å². The van der Waals surface area contributed by atoms with Gasteiger partial charge in [0.15, 0.2) is 5.78 Å². The maximum absolute atomic E-state index is 12.1. The van der Waals surface area contributed by atoms with Crippen LogP contribution in [0.3, 0.4) is 0 Å². The van der Waals surface area contributed by atoms with Crippen LogP contribution in [0.25, 0.3) is 0 Å². The summed E-state index contributed by atoms with van der Waals surface area (Å²) in [7, 11) is 2.09. The topological polar surface area (TPSA) is 20.3 Å². The minimum atomic E-state index is 0.122. The molecule has 106 valence electrons. The van der Waals surface area contributed by atoms with Crippen molar-refractivity contribution < 1.29 is 4.79 Å². The van der Waals surface area contributed by atoms with Crippen LogP contribution in [0.4, 0.5) is 0 Å². The zero-order valence-electron chi connectivity index (χ0n) is 11.9. The third-order valence-electron chi connectivity index (χ3n) is 3.32. The van der Waals surface area contributed by atoms with Crippen LogP contribution >= 0.6 is 23.4 Å². The van der Waals surface area contributed by atoms with Crippen molar-refractivity contribution in [2.24, 2.45) is 0 Å². The lowest BCUT2D eigenvalue weighted by Crippen LogP contribution is -2.34. The van der Waals surface area contributed by atoms with Crippen LogP contribution in [-0.2, 0) is 0 Å². The minimum absolute atomic E-state index is 0.122. The molecular formula is C15H22ClNOS. The summed E-state index contributed by atoms with van der Waals surface area (Å²) >= 11 is 7.88. The van der Waals surface area contributed by atoms with Crippen LogP contribution < -0.4 is 0 Å². The van der Waals surface area contributed by atoms with Crippen LogP contribution in [0.15, 0.2) is 24.3 Å². The van der Waals surface area contributed by atoms with Crippen molar-refractivity contribution in [3.8, 4) is 0 Å². The molecule has 1 rings (SSSR count). The molecule has 0 heterocycles. The predicted octanol–water partition coefficient (Wildman–Crippen LogP) is 3.99. The summed E-state index contributed by atoms with van der Waals surface area (Å²) in [4.78, 5) is 14.4. The molecule has 4 heteroatoms. The third-order valence-corrected chi connectivity index (χ3v) is 4.37. The zero-order chi connectivity index (χ0) is 14.3. The average molecular weight is 300 g/mol. The lowest BCUT2D eigenvalue weighted by Gasteiger charge is -2.26. The molecule has 0 aliphatic heterocycles. The summed E-state index contributed by atoms with van der Waals surface area (Å²) < 4.78 is 0. The molecule has 0 aliphatic rings. The van der Waals surface area contributed by atoms with Crippen molar-refractivity contribution in [1.82, 2.24) is 4.90 Å². The molecule has 1 aromatic carbocycles. The Morgan fingerprint density at radius 1 is 1.42 bits per heavy atom. The summed E-state index contributed by atoms with van der Waals surface area (Å²) in [6.07, 6.45) is 3.74. The Bertz CT molecular complexity index is 411. The van der Waals surface area contributed by atoms with Crippen LogP contribution in [0.5, 0.6) is 0 Å². The number of thioether (sulfide) groups is 1. The highest BCUT2D eigenvalue weighted by atomic mass is 35.5. The van der Waals surface area contributed by atoms with Gasteiger partial charge in [-0.25, -0.2) is 0 Å². The Labute approximate surface area is 125 Å². The number of nitrogens with zero attached hydrogens (tertiary/aromatic N) is 1. The highest BCUT2D eigenvalue weighted by Gasteiger charge is 2.15. The fraction of sp³-hybridized carbons (Fsp3) is 0.533. The summed E-state index contributed by atoms with van der Waals surface area (Å²) in [5.41, 5.74) is 0.635. The highest BCUT2D eigenvalue weighted by Crippen LogP contribution is 2.17. The van der Waals surface area contributed by atoms with Crippen molar-refractivity contribution in [3.63, 3.8) is 0 Å². The molecule has 1 atom stereocenters. The smallest absolute Gasteiger partial charge is 0.165 e. The normalized spacial score (nSPS) is 12.7. The molecule has 1 aromatic rings. The molecule has 0 amide bonds. The molecule has 0 aliphatic carbocycles. The van der Waals surface area contributed by atoms with Crippen molar-refractivity contribution in [2.45, 2.75) is 25.8 Å². The van der Waals surface area contributed by atoms with Gasteiger partial charge in [-0.3, -0.25) is 4.79 Å². The van der Waals surface area contributed by atoms with E-state index in [1.54, 1.807) is 12.1 Å². The van der Waals surface area contributed by atoms with E-state index in [4.69, 9.17) is 11.6 Å². The van der Waals surface area contributed by atoms with E-state index in [0.717, 1.165) is 18.7 Å². The van der Waals surface area contributed by atoms with Crippen molar-refractivity contribution in [2.75, 3.05) is 25.6 Å². The van der Waals surface area contributed by atoms with Crippen LogP contribution in [0, 0.1) is 0 Å². The van der Waals surface area contributed by atoms with Crippen LogP contribution in [0.1, 0.15) is 30.1 Å². The van der Waals surface area contributed by atoms with Crippen molar-refractivity contribution >= 4 is 29.1 Å². The Morgan fingerprint density at radius 3 is 2.68 bits per heavy atom. The highest BCUT2D eigenvalue weighted by molar-refractivity contribution is 7.98. The number of hydrogen-bond acceptors (Lipinski definition) is 3. The van der Waals surface area contributed by atoms with Crippen LogP contribution in [-0.4, -0.2) is 42.3 Å². The van der Waals surface area contributed by atoms with Crippen molar-refractivity contribution in [3.05, 3.63) is 34.9 Å². The quantitative estimate of drug-likeness (QED) is 0.677. The van der Waals surface area contributed by atoms with Crippen molar-refractivity contribution in [1.29, 1.82) is 0 Å². The summed E-state index contributed by atoms with van der Waals surface area (Å²) in [6.45, 7) is 2.97. The van der Waals surface area contributed by atoms with Gasteiger partial charge < -0.3 is 4.90 Å². The lowest BCUT2D eigenvalue weighted by atomic mass is 10.1. The first-order chi connectivity index (χ1) is 9.10. The van der Waals surface area contributed by atoms with E-state index < -0.39 is 0 Å². The number of benzene rings is 1. The van der Waals surface area contributed by atoms with E-state index in [1.165, 1.54) is 0 Å². The van der Waals surface area contributed by atoms with Gasteiger partial charge in [-0.1, -0.05) is 30.7 Å². The number of halogens is 1. The van der Waals surface area contributed by atoms with E-state index in [-0.39, 0.29) is 5.78 Å². The van der Waals surface area contributed by atoms with Gasteiger partial charge in [0, 0.05) is 30.3 Å². The number of ketones is 1. The molecular weight excluding hydrogens is 278 g/mol. The molecule has 19 heavy (non-hydrogen) atoms. The Hall–Kier alpha value is -0.510. The molecule has 1 unspecified atom stereocenters. The Kier molecular flexibility index (Phi) is 7.51. The fourth-order valence-electron chi connectivity index (χ4n) is 2.03. The molecule has 0 N–H and O–H groups in total. The molecule has 0 bridgehead atoms. The summed E-state index contributed by atoms with van der Waals surface area (Å²) in [5, 5.41) is 0.548. The standard InChI is InChI=1S/C15H22ClNOS/c1-4-12(11-19-3)17(2)10-9-15(18)13-7-5-6-8-14(13)16/h5-8,12H,4,9-11H2,1-3H3. The molecule has 0 saturated carbocycles. The number of hydrogen-bond donors (Lipinski definition) is 0. The maximum Gasteiger partial charge on any atom is 0.165 e. The lowest BCUT2D eigenvalue weighted by molar-refractivity contribution is 0.0962. The molecule has 2 nitrogen and oxygen atoms in total. The first-order valence-electron chi connectivity index (χ1n) is 6.57. The first-order valence-corrected chi connectivity index (χ1v) is 8.34. The zero-order valence-corrected chi connectivity index (χ0v) is 13.4. The summed E-state index contributed by atoms with van der Waals surface area (Å²) in [5.74, 6) is 1.23. The third kappa shape index (κ3) is 5.17. The molecule has 0 saturated heterocycles. The van der Waals surface area contributed by atoms with Gasteiger partial charge in [0.2, 0.25) is 0 Å². The van der Waals surface area contributed by atoms with E-state index in [2.05, 4.69) is 25.1 Å². The van der Waals surface area contributed by atoms with Gasteiger partial charge in [0.25, 0.3) is 0 Å². The number of carbonyl (C=O) groups is 1. The van der Waals surface area contributed by atoms with Gasteiger partial charge in [-0.15, -0.1) is 0 Å². The van der Waals surface area contributed by atoms with E-state index >= 15 is 0 Å². The first kappa shape index (κ1) is 16.5. The predicted molar refractivity (Wildman–Crippen MR) is 85.5 cm³/mol. The minimum Gasteiger partial charge on any atom is -0.302 e. The molecule has 0 radical (unpaired) electrons. The number of rotatable bonds is 8. The second kappa shape index (κ2) is 8.62. The SMILES string of the molecule is CCC(CSC)N(C)CCC(=O)c1ccccc1Cl. The van der Waals surface area contributed by atoms with E-state index in [0.29, 0.717) is 23.0 Å². The van der Waals surface area contributed by atoms with Gasteiger partial charge in [-0.05, 0) is 31.9 Å². The maximum atomic E-state index is 12.1. The average Bonchev–Trinajstić information content (AvgIpc) is 2.42. The monoisotopic (exact) mass is 299 g/mol. The fourth-order valence-corrected chi connectivity index (χ4v) is 3.15. The molecule has 0 aromatic heterocycles. The summed E-state index contributed by atoms with van der Waals surface area (Å²) in [6, 6.07) is 7.79. The Balaban J connectivity index is 2.52. The largest absolute Gasteiger partial charge is 0.302 e. The molecule has 0 spiro atoms. The van der Waals surface area contributed by atoms with Gasteiger partial charge in [0.1, 0.15) is 0 Å². The van der Waals surface area contributed by atoms with Gasteiger partial charge >= 0.3 is 0 Å². The number of Topliss-reactive ketones (excluding diaryl/α,β-unsaturated/α-hetero) is 1. The second-order valence-corrected chi connectivity index (χ2v) is 5.97. The Morgan fingerprint density at radius 2 is 2.11 bits per heavy atom.